The molecular formula is C15H20N2S. The fourth-order valence-electron chi connectivity index (χ4n) is 2.05. The number of H-pyrrole nitrogens is 1. The van der Waals surface area contributed by atoms with Crippen LogP contribution in [0.1, 0.15) is 37.6 Å². The first-order valence-electron chi connectivity index (χ1n) is 6.22. The number of hydrogen-bond donors (Lipinski definition) is 1. The van der Waals surface area contributed by atoms with E-state index in [-0.39, 0.29) is 5.41 Å². The Bertz CT molecular complexity index is 582. The van der Waals surface area contributed by atoms with E-state index in [1.807, 2.05) is 6.20 Å². The number of aromatic amines is 1. The van der Waals surface area contributed by atoms with Crippen molar-refractivity contribution >= 4 is 12.2 Å². The molecule has 18 heavy (non-hydrogen) atoms. The first kappa shape index (κ1) is 13.1. The highest BCUT2D eigenvalue weighted by atomic mass is 32.1. The van der Waals surface area contributed by atoms with Crippen LogP contribution in [0.2, 0.25) is 0 Å². The van der Waals surface area contributed by atoms with E-state index in [1.54, 1.807) is 0 Å². The average molecular weight is 260 g/mol. The smallest absolute Gasteiger partial charge is 0.177 e. The lowest BCUT2D eigenvalue weighted by molar-refractivity contribution is 0.529. The molecule has 0 aliphatic rings. The zero-order valence-electron chi connectivity index (χ0n) is 11.4. The summed E-state index contributed by atoms with van der Waals surface area (Å²) in [4.78, 5) is 3.15. The Balaban J connectivity index is 2.37. The van der Waals surface area contributed by atoms with Crippen molar-refractivity contribution in [3.8, 4) is 0 Å². The molecule has 0 aliphatic heterocycles. The summed E-state index contributed by atoms with van der Waals surface area (Å²) in [6.07, 6.45) is 2.02. The topological polar surface area (TPSA) is 20.7 Å². The summed E-state index contributed by atoms with van der Waals surface area (Å²) in [6.45, 7) is 9.55. The molecule has 0 bridgehead atoms. The van der Waals surface area contributed by atoms with Crippen LogP contribution in [0.5, 0.6) is 0 Å². The molecule has 0 spiro atoms. The van der Waals surface area contributed by atoms with Crippen LogP contribution < -0.4 is 0 Å². The van der Waals surface area contributed by atoms with Crippen LogP contribution in [0.15, 0.2) is 30.5 Å². The van der Waals surface area contributed by atoms with E-state index in [0.717, 1.165) is 11.3 Å². The second-order valence-electron chi connectivity index (χ2n) is 5.80. The van der Waals surface area contributed by atoms with Crippen molar-refractivity contribution in [1.29, 1.82) is 0 Å². The summed E-state index contributed by atoms with van der Waals surface area (Å²) in [6, 6.07) is 8.61. The van der Waals surface area contributed by atoms with Crippen molar-refractivity contribution in [3.63, 3.8) is 0 Å². The van der Waals surface area contributed by atoms with E-state index in [9.17, 15) is 0 Å². The van der Waals surface area contributed by atoms with Crippen molar-refractivity contribution in [3.05, 3.63) is 52.1 Å². The summed E-state index contributed by atoms with van der Waals surface area (Å²) >= 11 is 5.37. The Morgan fingerprint density at radius 3 is 2.33 bits per heavy atom. The van der Waals surface area contributed by atoms with Crippen LogP contribution in [-0.4, -0.2) is 9.55 Å². The molecule has 0 amide bonds. The SMILES string of the molecule is Cc1ccc(Cn2c(C(C)(C)C)c[nH]c2=S)cc1. The second-order valence-corrected chi connectivity index (χ2v) is 6.19. The first-order valence-corrected chi connectivity index (χ1v) is 6.63. The highest BCUT2D eigenvalue weighted by Crippen LogP contribution is 2.23. The van der Waals surface area contributed by atoms with Crippen LogP contribution >= 0.6 is 12.2 Å². The molecule has 0 unspecified atom stereocenters. The Hall–Kier alpha value is -1.35. The van der Waals surface area contributed by atoms with E-state index >= 15 is 0 Å². The maximum absolute atomic E-state index is 5.37. The summed E-state index contributed by atoms with van der Waals surface area (Å²) in [5.74, 6) is 0. The van der Waals surface area contributed by atoms with Gasteiger partial charge in [-0.05, 0) is 24.7 Å². The molecule has 2 nitrogen and oxygen atoms in total. The molecule has 0 saturated carbocycles. The minimum Gasteiger partial charge on any atom is -0.337 e. The fourth-order valence-corrected chi connectivity index (χ4v) is 2.27. The van der Waals surface area contributed by atoms with Crippen molar-refractivity contribution in [2.24, 2.45) is 0 Å². The minimum atomic E-state index is 0.0955. The summed E-state index contributed by atoms with van der Waals surface area (Å²) < 4.78 is 2.97. The van der Waals surface area contributed by atoms with E-state index in [0.29, 0.717) is 0 Å². The normalized spacial score (nSPS) is 11.8. The van der Waals surface area contributed by atoms with Crippen LogP contribution in [0, 0.1) is 11.7 Å². The van der Waals surface area contributed by atoms with Crippen LogP contribution in [-0.2, 0) is 12.0 Å². The van der Waals surface area contributed by atoms with Crippen LogP contribution in [0.4, 0.5) is 0 Å². The molecule has 0 atom stereocenters. The molecule has 1 aromatic heterocycles. The molecule has 0 radical (unpaired) electrons. The lowest BCUT2D eigenvalue weighted by Crippen LogP contribution is -2.18. The zero-order chi connectivity index (χ0) is 13.3. The van der Waals surface area contributed by atoms with Gasteiger partial charge in [0.05, 0.1) is 6.54 Å². The van der Waals surface area contributed by atoms with E-state index in [4.69, 9.17) is 12.2 Å². The van der Waals surface area contributed by atoms with E-state index in [1.165, 1.54) is 16.8 Å². The maximum atomic E-state index is 5.37. The molecular weight excluding hydrogens is 240 g/mol. The molecule has 0 fully saturated rings. The molecule has 1 aromatic carbocycles. The van der Waals surface area contributed by atoms with Crippen molar-refractivity contribution in [1.82, 2.24) is 9.55 Å². The van der Waals surface area contributed by atoms with Gasteiger partial charge in [-0.1, -0.05) is 50.6 Å². The van der Waals surface area contributed by atoms with Crippen LogP contribution in [0.3, 0.4) is 0 Å². The monoisotopic (exact) mass is 260 g/mol. The Kier molecular flexibility index (Phi) is 3.44. The molecule has 2 rings (SSSR count). The molecule has 2 aromatic rings. The van der Waals surface area contributed by atoms with Gasteiger partial charge in [0.25, 0.3) is 0 Å². The van der Waals surface area contributed by atoms with Gasteiger partial charge in [-0.25, -0.2) is 0 Å². The summed E-state index contributed by atoms with van der Waals surface area (Å²) in [5.41, 5.74) is 3.90. The molecule has 0 saturated heterocycles. The number of imidazole rings is 1. The third kappa shape index (κ3) is 2.72. The highest BCUT2D eigenvalue weighted by molar-refractivity contribution is 7.71. The third-order valence-corrected chi connectivity index (χ3v) is 3.44. The number of benzene rings is 1. The van der Waals surface area contributed by atoms with Gasteiger partial charge in [-0.2, -0.15) is 0 Å². The van der Waals surface area contributed by atoms with Crippen LogP contribution in [0.25, 0.3) is 0 Å². The zero-order valence-corrected chi connectivity index (χ0v) is 12.3. The van der Waals surface area contributed by atoms with Gasteiger partial charge in [0.15, 0.2) is 4.77 Å². The Morgan fingerprint density at radius 1 is 1.17 bits per heavy atom. The average Bonchev–Trinajstić information content (AvgIpc) is 2.63. The Labute approximate surface area is 114 Å². The number of nitrogens with one attached hydrogen (secondary N) is 1. The summed E-state index contributed by atoms with van der Waals surface area (Å²) in [7, 11) is 0. The number of hydrogen-bond acceptors (Lipinski definition) is 1. The van der Waals surface area contributed by atoms with E-state index < -0.39 is 0 Å². The molecule has 0 aliphatic carbocycles. The third-order valence-electron chi connectivity index (χ3n) is 3.10. The Morgan fingerprint density at radius 2 is 1.78 bits per heavy atom. The maximum Gasteiger partial charge on any atom is 0.177 e. The number of nitrogens with zero attached hydrogens (tertiary/aromatic N) is 1. The number of aromatic nitrogens is 2. The van der Waals surface area contributed by atoms with E-state index in [2.05, 4.69) is 61.5 Å². The fraction of sp³-hybridized carbons (Fsp3) is 0.400. The first-order chi connectivity index (χ1) is 8.38. The highest BCUT2D eigenvalue weighted by Gasteiger charge is 2.19. The number of rotatable bonds is 2. The van der Waals surface area contributed by atoms with Gasteiger partial charge in [0.1, 0.15) is 0 Å². The second kappa shape index (κ2) is 4.73. The molecule has 1 heterocycles. The molecule has 3 heteroatoms. The van der Waals surface area contributed by atoms with Crippen molar-refractivity contribution in [2.45, 2.75) is 39.7 Å². The number of aryl methyl sites for hydroxylation is 1. The van der Waals surface area contributed by atoms with Gasteiger partial charge >= 0.3 is 0 Å². The minimum absolute atomic E-state index is 0.0955. The largest absolute Gasteiger partial charge is 0.337 e. The van der Waals surface area contributed by atoms with Gasteiger partial charge in [-0.15, -0.1) is 0 Å². The predicted octanol–water partition coefficient (Wildman–Crippen LogP) is 4.20. The quantitative estimate of drug-likeness (QED) is 0.803. The lowest BCUT2D eigenvalue weighted by Gasteiger charge is -2.20. The van der Waals surface area contributed by atoms with Crippen molar-refractivity contribution < 1.29 is 0 Å². The molecule has 1 N–H and O–H groups in total. The summed E-state index contributed by atoms with van der Waals surface area (Å²) in [5, 5.41) is 0. The van der Waals surface area contributed by atoms with Gasteiger partial charge < -0.3 is 9.55 Å². The standard InChI is InChI=1S/C15H20N2S/c1-11-5-7-12(8-6-11)10-17-13(15(2,3)4)9-16-14(17)18/h5-9H,10H2,1-4H3,(H,16,18). The van der Waals surface area contributed by atoms with Crippen molar-refractivity contribution in [2.75, 3.05) is 0 Å². The van der Waals surface area contributed by atoms with Gasteiger partial charge in [-0.3, -0.25) is 0 Å². The molecule has 96 valence electrons. The predicted molar refractivity (Wildman–Crippen MR) is 78.6 cm³/mol. The lowest BCUT2D eigenvalue weighted by atomic mass is 9.92. The van der Waals surface area contributed by atoms with Gasteiger partial charge in [0.2, 0.25) is 0 Å². The van der Waals surface area contributed by atoms with Gasteiger partial charge in [0, 0.05) is 17.3 Å².